The van der Waals surface area contributed by atoms with Crippen LogP contribution in [0.15, 0.2) is 76.6 Å². The van der Waals surface area contributed by atoms with Crippen molar-refractivity contribution in [1.29, 1.82) is 5.41 Å². The molecule has 15 heteroatoms. The zero-order valence-electron chi connectivity index (χ0n) is 24.2. The molecule has 0 atom stereocenters. The summed E-state index contributed by atoms with van der Waals surface area (Å²) in [5.41, 5.74) is 12.6. The molecule has 0 saturated heterocycles. The van der Waals surface area contributed by atoms with Gasteiger partial charge in [-0.25, -0.2) is 12.8 Å². The quantitative estimate of drug-likeness (QED) is 0.0601. The van der Waals surface area contributed by atoms with Crippen LogP contribution in [0.5, 0.6) is 0 Å². The van der Waals surface area contributed by atoms with E-state index in [0.717, 1.165) is 30.1 Å². The molecule has 0 unspecified atom stereocenters. The number of nitrogens with two attached hydrogens (primary N) is 2. The van der Waals surface area contributed by atoms with E-state index in [4.69, 9.17) is 40.1 Å². The van der Waals surface area contributed by atoms with Crippen LogP contribution in [0, 0.1) is 11.2 Å². The summed E-state index contributed by atoms with van der Waals surface area (Å²) in [6.45, 7) is -0.0665. The lowest BCUT2D eigenvalue weighted by Crippen LogP contribution is -2.31. The summed E-state index contributed by atoms with van der Waals surface area (Å²) in [5.74, 6) is -1.69. The molecule has 1 saturated carbocycles. The number of pyridine rings is 1. The molecule has 1 heterocycles. The maximum absolute atomic E-state index is 14.3. The third-order valence-electron chi connectivity index (χ3n) is 7.43. The number of halogens is 3. The number of nitrogens with zero attached hydrogens (tertiary/aromatic N) is 2. The minimum Gasteiger partial charge on any atom is -0.427 e. The van der Waals surface area contributed by atoms with Gasteiger partial charge in [0.2, 0.25) is 5.91 Å². The van der Waals surface area contributed by atoms with Crippen LogP contribution in [0.1, 0.15) is 36.1 Å². The summed E-state index contributed by atoms with van der Waals surface area (Å²) in [6, 6.07) is 15.8. The number of hydrogen-bond acceptors (Lipinski definition) is 7. The Hall–Kier alpha value is -4.59. The summed E-state index contributed by atoms with van der Waals surface area (Å²) in [6.07, 6.45) is 2.26. The van der Waals surface area contributed by atoms with Crippen molar-refractivity contribution in [2.24, 2.45) is 10.7 Å². The lowest BCUT2D eigenvalue weighted by Gasteiger charge is -2.22. The van der Waals surface area contributed by atoms with E-state index in [0.29, 0.717) is 5.56 Å². The molecular weight excluding hydrogens is 656 g/mol. The zero-order chi connectivity index (χ0) is 33.2. The number of carbonyl (C=O) groups is 1. The van der Waals surface area contributed by atoms with Gasteiger partial charge in [0.1, 0.15) is 11.7 Å². The van der Waals surface area contributed by atoms with Gasteiger partial charge in [0.05, 0.1) is 44.3 Å². The molecule has 4 aromatic rings. The molecule has 1 amide bonds. The van der Waals surface area contributed by atoms with Crippen LogP contribution in [0.3, 0.4) is 0 Å². The van der Waals surface area contributed by atoms with Gasteiger partial charge in [0, 0.05) is 23.9 Å². The van der Waals surface area contributed by atoms with E-state index in [-0.39, 0.29) is 66.8 Å². The van der Waals surface area contributed by atoms with E-state index in [9.17, 15) is 22.8 Å². The van der Waals surface area contributed by atoms with Crippen molar-refractivity contribution < 1.29 is 22.8 Å². The SMILES string of the molecule is N=C(N)c1ccc(CNC(=O)Cc2c(-c3cc(N)cc(S(=O)(=O)Nc4ccccc4Cl)c3)c(Cl)cc(=NC3CCC3)n2O)cc1F. The molecule has 5 rings (SSSR count). The van der Waals surface area contributed by atoms with E-state index in [1.165, 1.54) is 48.5 Å². The molecule has 1 fully saturated rings. The lowest BCUT2D eigenvalue weighted by atomic mass is 9.94. The van der Waals surface area contributed by atoms with Gasteiger partial charge in [-0.05, 0) is 72.9 Å². The van der Waals surface area contributed by atoms with Crippen LogP contribution in [-0.4, -0.2) is 36.1 Å². The van der Waals surface area contributed by atoms with Gasteiger partial charge >= 0.3 is 0 Å². The molecule has 8 N–H and O–H groups in total. The molecule has 1 aromatic heterocycles. The molecule has 0 aliphatic heterocycles. The van der Waals surface area contributed by atoms with Gasteiger partial charge in [-0.15, -0.1) is 0 Å². The molecule has 46 heavy (non-hydrogen) atoms. The topological polar surface area (TPSA) is 189 Å². The molecule has 0 spiro atoms. The number of anilines is 2. The van der Waals surface area contributed by atoms with E-state index < -0.39 is 34.0 Å². The molecule has 11 nitrogen and oxygen atoms in total. The van der Waals surface area contributed by atoms with Gasteiger partial charge in [0.15, 0.2) is 5.49 Å². The molecule has 1 aliphatic rings. The first kappa shape index (κ1) is 32.8. The highest BCUT2D eigenvalue weighted by atomic mass is 35.5. The monoisotopic (exact) mass is 685 g/mol. The maximum Gasteiger partial charge on any atom is 0.262 e. The molecule has 3 aromatic carbocycles. The largest absolute Gasteiger partial charge is 0.427 e. The van der Waals surface area contributed by atoms with Crippen LogP contribution in [0.2, 0.25) is 10.0 Å². The number of nitrogen functional groups attached to an aromatic ring is 2. The molecular formula is C31H30Cl2FN7O4S. The Balaban J connectivity index is 1.52. The van der Waals surface area contributed by atoms with Gasteiger partial charge in [-0.1, -0.05) is 41.4 Å². The van der Waals surface area contributed by atoms with Crippen LogP contribution >= 0.6 is 23.2 Å². The fraction of sp³-hybridized carbons (Fsp3) is 0.194. The van der Waals surface area contributed by atoms with Crippen molar-refractivity contribution in [3.05, 3.63) is 105 Å². The highest BCUT2D eigenvalue weighted by molar-refractivity contribution is 7.92. The number of aromatic nitrogens is 1. The van der Waals surface area contributed by atoms with Crippen LogP contribution < -0.4 is 27.0 Å². The minimum atomic E-state index is -4.20. The number of carbonyl (C=O) groups excluding carboxylic acids is 1. The predicted octanol–water partition coefficient (Wildman–Crippen LogP) is 4.82. The average molecular weight is 687 g/mol. The standard InChI is InChI=1S/C31H30Cl2FN7O4S/c32-23-6-1-2-7-26(23)40-46(44,45)21-12-18(11-19(35)13-21)30-24(33)14-28(39-20-4-3-5-20)41(43)27(30)15-29(42)38-16-17-8-9-22(31(36)37)25(34)10-17/h1-2,6-14,20,40,43H,3-5,15-16,35H2,(H3,36,37)(H,38,42). The van der Waals surface area contributed by atoms with E-state index in [1.54, 1.807) is 12.1 Å². The third-order valence-corrected chi connectivity index (χ3v) is 9.41. The van der Waals surface area contributed by atoms with Crippen molar-refractivity contribution in [2.75, 3.05) is 10.5 Å². The Morgan fingerprint density at radius 1 is 1.09 bits per heavy atom. The number of sulfonamides is 1. The Labute approximate surface area is 274 Å². The van der Waals surface area contributed by atoms with Crippen LogP contribution in [-0.2, 0) is 27.8 Å². The third kappa shape index (κ3) is 7.27. The lowest BCUT2D eigenvalue weighted by molar-refractivity contribution is -0.120. The second-order valence-electron chi connectivity index (χ2n) is 10.8. The summed E-state index contributed by atoms with van der Waals surface area (Å²) < 4.78 is 44.3. The summed E-state index contributed by atoms with van der Waals surface area (Å²) in [5, 5.41) is 21.7. The number of para-hydroxylation sites is 1. The fourth-order valence-electron chi connectivity index (χ4n) is 4.86. The Morgan fingerprint density at radius 2 is 1.83 bits per heavy atom. The van der Waals surface area contributed by atoms with Gasteiger partial charge in [-0.2, -0.15) is 4.73 Å². The van der Waals surface area contributed by atoms with E-state index >= 15 is 0 Å². The summed E-state index contributed by atoms with van der Waals surface area (Å²) in [7, 11) is -4.20. The Kier molecular flexibility index (Phi) is 9.56. The number of amidine groups is 1. The number of hydrogen-bond donors (Lipinski definition) is 6. The van der Waals surface area contributed by atoms with E-state index in [1.807, 2.05) is 0 Å². The molecule has 1 aliphatic carbocycles. The second kappa shape index (κ2) is 13.4. The van der Waals surface area contributed by atoms with Gasteiger partial charge in [-0.3, -0.25) is 19.9 Å². The van der Waals surface area contributed by atoms with Crippen LogP contribution in [0.25, 0.3) is 11.1 Å². The molecule has 240 valence electrons. The van der Waals surface area contributed by atoms with Crippen molar-refractivity contribution in [1.82, 2.24) is 10.0 Å². The first-order valence-electron chi connectivity index (χ1n) is 14.1. The molecule has 0 bridgehead atoms. The number of rotatable bonds is 10. The van der Waals surface area contributed by atoms with Gasteiger partial charge < -0.3 is 22.0 Å². The summed E-state index contributed by atoms with van der Waals surface area (Å²) >= 11 is 12.9. The van der Waals surface area contributed by atoms with Crippen LogP contribution in [0.4, 0.5) is 15.8 Å². The van der Waals surface area contributed by atoms with E-state index in [2.05, 4.69) is 15.0 Å². The maximum atomic E-state index is 14.3. The smallest absolute Gasteiger partial charge is 0.262 e. The number of nitrogens with one attached hydrogen (secondary N) is 3. The average Bonchev–Trinajstić information content (AvgIpc) is 2.96. The Morgan fingerprint density at radius 3 is 2.48 bits per heavy atom. The fourth-order valence-corrected chi connectivity index (χ4v) is 6.58. The van der Waals surface area contributed by atoms with Crippen molar-refractivity contribution in [3.8, 4) is 11.1 Å². The Bertz CT molecular complexity index is 2030. The van der Waals surface area contributed by atoms with Gasteiger partial charge in [0.25, 0.3) is 10.0 Å². The first-order chi connectivity index (χ1) is 21.8. The van der Waals surface area contributed by atoms with Crippen molar-refractivity contribution >= 4 is 56.3 Å². The van der Waals surface area contributed by atoms with Crippen molar-refractivity contribution in [2.45, 2.75) is 43.2 Å². The summed E-state index contributed by atoms with van der Waals surface area (Å²) in [4.78, 5) is 17.6. The second-order valence-corrected chi connectivity index (χ2v) is 13.3. The highest BCUT2D eigenvalue weighted by Gasteiger charge is 2.24. The molecule has 0 radical (unpaired) electrons. The highest BCUT2D eigenvalue weighted by Crippen LogP contribution is 2.35. The number of benzene rings is 3. The normalized spacial score (nSPS) is 13.7. The predicted molar refractivity (Wildman–Crippen MR) is 175 cm³/mol. The van der Waals surface area contributed by atoms with Crippen molar-refractivity contribution in [3.63, 3.8) is 0 Å². The zero-order valence-corrected chi connectivity index (χ0v) is 26.6. The minimum absolute atomic E-state index is 0.0186. The first-order valence-corrected chi connectivity index (χ1v) is 16.3. The number of amides is 1.